The van der Waals surface area contributed by atoms with Crippen molar-refractivity contribution in [3.63, 3.8) is 0 Å². The monoisotopic (exact) mass is 631 g/mol. The Bertz CT molecular complexity index is 1980. The van der Waals surface area contributed by atoms with Crippen molar-refractivity contribution >= 4 is 21.5 Å². The summed E-state index contributed by atoms with van der Waals surface area (Å²) in [6.45, 7) is 0.908. The first-order valence-electron chi connectivity index (χ1n) is 14.7. The number of benzene rings is 5. The van der Waals surface area contributed by atoms with Crippen molar-refractivity contribution in [2.24, 2.45) is 0 Å². The van der Waals surface area contributed by atoms with Crippen LogP contribution in [-0.4, -0.2) is 28.5 Å². The second kappa shape index (κ2) is 12.3. The smallest absolute Gasteiger partial charge is 0.160 e. The van der Waals surface area contributed by atoms with Crippen LogP contribution in [0.25, 0.3) is 61.7 Å². The summed E-state index contributed by atoms with van der Waals surface area (Å²) in [5.74, 6) is 0.705. The zero-order valence-corrected chi connectivity index (χ0v) is 25.9. The van der Waals surface area contributed by atoms with Crippen molar-refractivity contribution in [2.75, 3.05) is 13.6 Å². The second-order valence-corrected chi connectivity index (χ2v) is 11.9. The average molecular weight is 633 g/mol. The summed E-state index contributed by atoms with van der Waals surface area (Å²) in [5, 5.41) is 0. The third-order valence-electron chi connectivity index (χ3n) is 7.89. The predicted octanol–water partition coefficient (Wildman–Crippen LogP) is 10.4. The highest BCUT2D eigenvalue weighted by Crippen LogP contribution is 2.34. The predicted molar refractivity (Wildman–Crippen MR) is 187 cm³/mol. The molecule has 1 aliphatic rings. The molecular weight excluding hydrogens is 602 g/mol. The zero-order chi connectivity index (χ0) is 29.9. The fraction of sp³-hybridized carbons (Fsp3) is 0.0500. The minimum Gasteiger partial charge on any atom is -0.376 e. The van der Waals surface area contributed by atoms with E-state index in [1.807, 2.05) is 24.3 Å². The first-order chi connectivity index (χ1) is 21.6. The van der Waals surface area contributed by atoms with Gasteiger partial charge in [0, 0.05) is 34.8 Å². The van der Waals surface area contributed by atoms with Crippen LogP contribution in [0.1, 0.15) is 5.56 Å². The number of nitrogens with zero attached hydrogens (tertiary/aromatic N) is 3. The van der Waals surface area contributed by atoms with E-state index in [1.54, 1.807) is 0 Å². The summed E-state index contributed by atoms with van der Waals surface area (Å²) in [4.78, 5) is 12.3. The number of hydrogen-bond acceptors (Lipinski definition) is 3. The van der Waals surface area contributed by atoms with Gasteiger partial charge in [-0.3, -0.25) is 0 Å². The van der Waals surface area contributed by atoms with E-state index in [9.17, 15) is 0 Å². The Hall–Kier alpha value is -5.06. The second-order valence-electron chi connectivity index (χ2n) is 11.0. The van der Waals surface area contributed by atoms with Gasteiger partial charge in [0.15, 0.2) is 5.82 Å². The molecule has 6 aromatic rings. The van der Waals surface area contributed by atoms with E-state index in [0.717, 1.165) is 50.2 Å². The fourth-order valence-corrected chi connectivity index (χ4v) is 6.07. The highest BCUT2D eigenvalue weighted by atomic mass is 79.9. The molecular formula is C40H30BrN3. The normalized spacial score (nSPS) is 12.7. The molecule has 1 aromatic heterocycles. The van der Waals surface area contributed by atoms with Gasteiger partial charge >= 0.3 is 0 Å². The van der Waals surface area contributed by atoms with Crippen LogP contribution in [0.3, 0.4) is 0 Å². The van der Waals surface area contributed by atoms with Crippen LogP contribution < -0.4 is 0 Å². The summed E-state index contributed by atoms with van der Waals surface area (Å²) >= 11 is 3.78. The maximum absolute atomic E-state index is 5.07. The fourth-order valence-electron chi connectivity index (χ4n) is 5.57. The van der Waals surface area contributed by atoms with Crippen LogP contribution in [-0.2, 0) is 0 Å². The van der Waals surface area contributed by atoms with Gasteiger partial charge in [0.2, 0.25) is 0 Å². The van der Waals surface area contributed by atoms with E-state index in [1.165, 1.54) is 22.3 Å². The molecule has 0 saturated heterocycles. The first kappa shape index (κ1) is 27.8. The highest BCUT2D eigenvalue weighted by molar-refractivity contribution is 9.10. The van der Waals surface area contributed by atoms with Gasteiger partial charge in [-0.1, -0.05) is 131 Å². The summed E-state index contributed by atoms with van der Waals surface area (Å²) < 4.78 is 1.00. The molecule has 0 amide bonds. The molecule has 0 fully saturated rings. The zero-order valence-electron chi connectivity index (χ0n) is 24.4. The van der Waals surface area contributed by atoms with Crippen molar-refractivity contribution in [3.05, 3.63) is 162 Å². The molecule has 0 N–H and O–H groups in total. The van der Waals surface area contributed by atoms with E-state index in [-0.39, 0.29) is 0 Å². The van der Waals surface area contributed by atoms with E-state index in [4.69, 9.17) is 9.97 Å². The van der Waals surface area contributed by atoms with E-state index < -0.39 is 0 Å². The lowest BCUT2D eigenvalue weighted by molar-refractivity contribution is 0.512. The topological polar surface area (TPSA) is 29.0 Å². The lowest BCUT2D eigenvalue weighted by atomic mass is 9.97. The van der Waals surface area contributed by atoms with Gasteiger partial charge in [0.25, 0.3) is 0 Å². The Labute approximate surface area is 267 Å². The van der Waals surface area contributed by atoms with Crippen molar-refractivity contribution in [1.82, 2.24) is 14.9 Å². The molecule has 0 saturated carbocycles. The standard InChI is InChI=1S/C40H30BrN3/c1-44-22-8-13-34(27-44)30-14-16-31(17-15-30)35-23-36(25-37(41)24-35)39-26-38(42-40(43-39)33-11-6-3-7-12-33)32-20-18-29(19-21-32)28-9-4-2-5-10-28/h2-26H,27H2,1H3. The number of allylic oxidation sites excluding steroid dienone is 2. The van der Waals surface area contributed by atoms with Gasteiger partial charge < -0.3 is 4.90 Å². The summed E-state index contributed by atoms with van der Waals surface area (Å²) in [6, 6.07) is 46.7. The third kappa shape index (κ3) is 6.03. The Kier molecular flexibility index (Phi) is 7.74. The molecule has 0 atom stereocenters. The molecule has 1 aliphatic heterocycles. The van der Waals surface area contributed by atoms with Crippen LogP contribution in [0.4, 0.5) is 0 Å². The minimum atomic E-state index is 0.705. The summed E-state index contributed by atoms with van der Waals surface area (Å²) in [5.41, 5.74) is 12.0. The third-order valence-corrected chi connectivity index (χ3v) is 8.34. The van der Waals surface area contributed by atoms with Gasteiger partial charge in [-0.05, 0) is 69.9 Å². The van der Waals surface area contributed by atoms with Crippen molar-refractivity contribution in [3.8, 4) is 56.2 Å². The molecule has 0 radical (unpaired) electrons. The van der Waals surface area contributed by atoms with Crippen molar-refractivity contribution in [1.29, 1.82) is 0 Å². The lowest BCUT2D eigenvalue weighted by Gasteiger charge is -2.20. The Morgan fingerprint density at radius 2 is 1.05 bits per heavy atom. The minimum absolute atomic E-state index is 0.705. The average Bonchev–Trinajstić information content (AvgIpc) is 3.09. The number of likely N-dealkylation sites (N-methyl/N-ethyl adjacent to an activating group) is 1. The molecule has 212 valence electrons. The number of rotatable bonds is 6. The number of aromatic nitrogens is 2. The molecule has 7 rings (SSSR count). The first-order valence-corrected chi connectivity index (χ1v) is 15.5. The van der Waals surface area contributed by atoms with Crippen LogP contribution in [0.5, 0.6) is 0 Å². The number of halogens is 1. The molecule has 44 heavy (non-hydrogen) atoms. The summed E-state index contributed by atoms with van der Waals surface area (Å²) in [7, 11) is 2.10. The largest absolute Gasteiger partial charge is 0.376 e. The van der Waals surface area contributed by atoms with Crippen molar-refractivity contribution < 1.29 is 0 Å². The Morgan fingerprint density at radius 3 is 1.70 bits per heavy atom. The molecule has 5 aromatic carbocycles. The molecule has 0 bridgehead atoms. The van der Waals surface area contributed by atoms with Gasteiger partial charge in [-0.2, -0.15) is 0 Å². The molecule has 3 nitrogen and oxygen atoms in total. The Balaban J connectivity index is 1.27. The van der Waals surface area contributed by atoms with Crippen LogP contribution in [0.15, 0.2) is 156 Å². The lowest BCUT2D eigenvalue weighted by Crippen LogP contribution is -2.15. The molecule has 0 spiro atoms. The molecule has 0 aliphatic carbocycles. The van der Waals surface area contributed by atoms with Gasteiger partial charge in [-0.25, -0.2) is 9.97 Å². The van der Waals surface area contributed by atoms with Crippen LogP contribution in [0, 0.1) is 0 Å². The highest BCUT2D eigenvalue weighted by Gasteiger charge is 2.13. The van der Waals surface area contributed by atoms with Gasteiger partial charge in [0.05, 0.1) is 11.4 Å². The maximum atomic E-state index is 5.07. The van der Waals surface area contributed by atoms with Gasteiger partial charge in [-0.15, -0.1) is 0 Å². The van der Waals surface area contributed by atoms with Gasteiger partial charge in [0.1, 0.15) is 0 Å². The van der Waals surface area contributed by atoms with E-state index in [0.29, 0.717) is 5.82 Å². The van der Waals surface area contributed by atoms with Crippen molar-refractivity contribution in [2.45, 2.75) is 0 Å². The van der Waals surface area contributed by atoms with Crippen LogP contribution in [0.2, 0.25) is 0 Å². The Morgan fingerprint density at radius 1 is 0.523 bits per heavy atom. The molecule has 2 heterocycles. The van der Waals surface area contributed by atoms with E-state index >= 15 is 0 Å². The quantitative estimate of drug-likeness (QED) is 0.183. The maximum Gasteiger partial charge on any atom is 0.160 e. The SMILES string of the molecule is CN1C=CC=C(c2ccc(-c3cc(Br)cc(-c4cc(-c5ccc(-c6ccccc6)cc5)nc(-c5ccccc5)n4)c3)cc2)C1. The summed E-state index contributed by atoms with van der Waals surface area (Å²) in [6.07, 6.45) is 6.39. The number of hydrogen-bond donors (Lipinski definition) is 0. The molecule has 0 unspecified atom stereocenters. The van der Waals surface area contributed by atoms with Crippen LogP contribution >= 0.6 is 15.9 Å². The molecule has 4 heteroatoms. The van der Waals surface area contributed by atoms with E-state index in [2.05, 4.69) is 155 Å².